The second-order valence-electron chi connectivity index (χ2n) is 26.0. The van der Waals surface area contributed by atoms with Crippen LogP contribution in [0.4, 0.5) is 0 Å². The molecule has 0 aromatic carbocycles. The molecule has 2 aliphatic rings. The normalized spacial score (nSPS) is 23.2. The average Bonchev–Trinajstić information content (AvgIpc) is 0.830. The minimum Gasteiger partial charge on any atom is -0.394 e. The van der Waals surface area contributed by atoms with Gasteiger partial charge in [-0.2, -0.15) is 0 Å². The summed E-state index contributed by atoms with van der Waals surface area (Å²) in [5, 5.41) is 87.6. The molecule has 0 aromatic heterocycles. The monoisotopic (exact) mass is 1300 g/mol. The van der Waals surface area contributed by atoms with Crippen molar-refractivity contribution in [3.8, 4) is 0 Å². The summed E-state index contributed by atoms with van der Waals surface area (Å²) in [5.74, 6) is -0.241. The highest BCUT2D eigenvalue weighted by atomic mass is 16.7. The molecule has 2 heterocycles. The molecule has 12 unspecified atom stereocenters. The zero-order valence-corrected chi connectivity index (χ0v) is 58.0. The summed E-state index contributed by atoms with van der Waals surface area (Å²) in [4.78, 5) is 13.4. The Labute approximate surface area is 560 Å². The smallest absolute Gasteiger partial charge is 0.220 e. The summed E-state index contributed by atoms with van der Waals surface area (Å²) in [6, 6.07) is -0.922. The summed E-state index contributed by atoms with van der Waals surface area (Å²) < 4.78 is 22.9. The predicted octanol–water partition coefficient (Wildman–Crippen LogP) is 16.1. The lowest BCUT2D eigenvalue weighted by Crippen LogP contribution is -2.65. The molecule has 12 atom stereocenters. The number of aliphatic hydroxyl groups excluding tert-OH is 8. The Kier molecular flexibility index (Phi) is 56.8. The lowest BCUT2D eigenvalue weighted by Gasteiger charge is -2.46. The molecule has 0 bridgehead atoms. The van der Waals surface area contributed by atoms with Gasteiger partial charge >= 0.3 is 0 Å². The van der Waals surface area contributed by atoms with E-state index in [-0.39, 0.29) is 18.9 Å². The van der Waals surface area contributed by atoms with Crippen molar-refractivity contribution >= 4 is 5.91 Å². The van der Waals surface area contributed by atoms with E-state index in [0.717, 1.165) is 89.9 Å². The Morgan fingerprint density at radius 3 is 1.15 bits per heavy atom. The Morgan fingerprint density at radius 1 is 0.402 bits per heavy atom. The SMILES string of the molecule is CC/C=C\C/C=C\C/C=C\C/C=C\C/C=C\C/C=C\C/C=C\CCCCCCCCCCCCCCCC(=O)NC(COC1OC(CO)C(OC2OC(CO)C(O)C(O)C2O)C(O)C1O)C(O)/C=C/CCCCCCCCCCCCCCCCCCCCCCC. The van der Waals surface area contributed by atoms with Crippen LogP contribution < -0.4 is 5.32 Å². The predicted molar refractivity (Wildman–Crippen MR) is 378 cm³/mol. The number of nitrogens with one attached hydrogen (secondary N) is 1. The number of carbonyl (C=O) groups is 1. The molecule has 14 heteroatoms. The number of unbranched alkanes of at least 4 members (excludes halogenated alkanes) is 34. The molecule has 92 heavy (non-hydrogen) atoms. The van der Waals surface area contributed by atoms with Crippen molar-refractivity contribution in [2.45, 2.75) is 370 Å². The molecule has 2 fully saturated rings. The molecule has 0 aliphatic carbocycles. The Morgan fingerprint density at radius 2 is 0.750 bits per heavy atom. The van der Waals surface area contributed by atoms with E-state index >= 15 is 0 Å². The summed E-state index contributed by atoms with van der Waals surface area (Å²) >= 11 is 0. The number of aliphatic hydroxyl groups is 8. The van der Waals surface area contributed by atoms with Gasteiger partial charge in [0.15, 0.2) is 12.6 Å². The van der Waals surface area contributed by atoms with Crippen LogP contribution in [0.1, 0.15) is 296 Å². The molecule has 0 aromatic rings. The van der Waals surface area contributed by atoms with Crippen molar-refractivity contribution in [3.05, 3.63) is 97.2 Å². The van der Waals surface area contributed by atoms with E-state index in [1.807, 2.05) is 6.08 Å². The van der Waals surface area contributed by atoms with Crippen molar-refractivity contribution < 1.29 is 64.6 Å². The van der Waals surface area contributed by atoms with Gasteiger partial charge in [-0.25, -0.2) is 0 Å². The largest absolute Gasteiger partial charge is 0.394 e. The van der Waals surface area contributed by atoms with E-state index in [1.165, 1.54) is 180 Å². The van der Waals surface area contributed by atoms with Crippen molar-refractivity contribution in [2.75, 3.05) is 19.8 Å². The molecule has 9 N–H and O–H groups in total. The summed E-state index contributed by atoms with van der Waals surface area (Å²) in [5.41, 5.74) is 0. The third kappa shape index (κ3) is 44.6. The highest BCUT2D eigenvalue weighted by Gasteiger charge is 2.51. The van der Waals surface area contributed by atoms with Gasteiger partial charge in [-0.05, 0) is 77.0 Å². The molecule has 14 nitrogen and oxygen atoms in total. The van der Waals surface area contributed by atoms with Crippen molar-refractivity contribution in [2.24, 2.45) is 0 Å². The first-order chi connectivity index (χ1) is 45.1. The molecule has 0 saturated carbocycles. The highest BCUT2D eigenvalue weighted by Crippen LogP contribution is 2.30. The van der Waals surface area contributed by atoms with Crippen LogP contribution in [0.2, 0.25) is 0 Å². The van der Waals surface area contributed by atoms with Crippen LogP contribution in [0, 0.1) is 0 Å². The first-order valence-electron chi connectivity index (χ1n) is 37.5. The molecule has 532 valence electrons. The van der Waals surface area contributed by atoms with Gasteiger partial charge in [0.1, 0.15) is 48.8 Å². The lowest BCUT2D eigenvalue weighted by molar-refractivity contribution is -0.359. The fourth-order valence-electron chi connectivity index (χ4n) is 11.9. The van der Waals surface area contributed by atoms with Gasteiger partial charge in [-0.3, -0.25) is 4.79 Å². The van der Waals surface area contributed by atoms with Gasteiger partial charge in [-0.1, -0.05) is 310 Å². The molecular formula is C78H137NO13. The van der Waals surface area contributed by atoms with Crippen LogP contribution >= 0.6 is 0 Å². The fraction of sp³-hybridized carbons (Fsp3) is 0.782. The minimum atomic E-state index is -1.79. The molecule has 2 saturated heterocycles. The second-order valence-corrected chi connectivity index (χ2v) is 26.0. The van der Waals surface area contributed by atoms with E-state index in [0.29, 0.717) is 6.42 Å². The molecular weight excluding hydrogens is 1160 g/mol. The van der Waals surface area contributed by atoms with Crippen LogP contribution in [0.15, 0.2) is 97.2 Å². The Balaban J connectivity index is 1.65. The van der Waals surface area contributed by atoms with Crippen molar-refractivity contribution in [1.82, 2.24) is 5.32 Å². The Hall–Kier alpha value is -3.09. The number of amides is 1. The number of hydrogen-bond acceptors (Lipinski definition) is 13. The summed E-state index contributed by atoms with van der Waals surface area (Å²) in [7, 11) is 0. The lowest BCUT2D eigenvalue weighted by atomic mass is 9.97. The zero-order chi connectivity index (χ0) is 66.6. The first kappa shape index (κ1) is 85.0. The summed E-state index contributed by atoms with van der Waals surface area (Å²) in [6.45, 7) is 2.72. The number of hydrogen-bond donors (Lipinski definition) is 9. The van der Waals surface area contributed by atoms with E-state index in [9.17, 15) is 45.6 Å². The highest BCUT2D eigenvalue weighted by molar-refractivity contribution is 5.76. The zero-order valence-electron chi connectivity index (χ0n) is 58.0. The van der Waals surface area contributed by atoms with Gasteiger partial charge in [0.25, 0.3) is 0 Å². The standard InChI is InChI=1S/C78H137NO13/c1-3-5-7-9-11-13-15-17-19-21-23-25-27-28-29-30-31-32-33-34-35-36-37-38-40-42-44-46-48-50-52-54-56-58-60-62-70(83)79-66(65-89-77-75(88)73(86)76(69(64-81)91-77)92-78-74(87)72(85)71(84)68(63-80)90-78)67(82)61-59-57-55-53-51-49-47-45-43-41-39-26-24-22-20-18-16-14-12-10-8-6-4-2/h5,7,11,13,17,19,23,25,28-29,31-32,34-35,59,61,66-69,71-78,80-82,84-88H,3-4,6,8-10,12,14-16,18,20-22,24,26-27,30,33,36-58,60,62-65H2,1-2H3,(H,79,83)/b7-5-,13-11-,19-17-,25-23-,29-28-,32-31-,35-34-,61-59+. The maximum Gasteiger partial charge on any atom is 0.220 e. The third-order valence-corrected chi connectivity index (χ3v) is 17.8. The Bertz CT molecular complexity index is 1920. The van der Waals surface area contributed by atoms with Gasteiger partial charge in [0, 0.05) is 6.42 Å². The van der Waals surface area contributed by atoms with Crippen LogP contribution in [-0.2, 0) is 23.7 Å². The van der Waals surface area contributed by atoms with Gasteiger partial charge in [0.05, 0.1) is 32.0 Å². The quantitative estimate of drug-likeness (QED) is 0.0204. The van der Waals surface area contributed by atoms with E-state index < -0.39 is 86.8 Å². The molecule has 0 spiro atoms. The average molecular weight is 1300 g/mol. The number of allylic oxidation sites excluding steroid dienone is 15. The fourth-order valence-corrected chi connectivity index (χ4v) is 11.9. The number of ether oxygens (including phenoxy) is 4. The van der Waals surface area contributed by atoms with Gasteiger partial charge in [0.2, 0.25) is 5.91 Å². The minimum absolute atomic E-state index is 0.241. The van der Waals surface area contributed by atoms with Crippen LogP contribution in [0.3, 0.4) is 0 Å². The number of rotatable bonds is 61. The van der Waals surface area contributed by atoms with Crippen molar-refractivity contribution in [3.63, 3.8) is 0 Å². The topological polar surface area (TPSA) is 228 Å². The molecule has 2 rings (SSSR count). The maximum absolute atomic E-state index is 13.4. The van der Waals surface area contributed by atoms with Gasteiger partial charge < -0.3 is 65.1 Å². The summed E-state index contributed by atoms with van der Waals surface area (Å²) in [6.07, 6.45) is 70.3. The maximum atomic E-state index is 13.4. The van der Waals surface area contributed by atoms with E-state index in [2.05, 4.69) is 104 Å². The van der Waals surface area contributed by atoms with Gasteiger partial charge in [-0.15, -0.1) is 0 Å². The number of carbonyl (C=O) groups excluding carboxylic acids is 1. The van der Waals surface area contributed by atoms with Crippen LogP contribution in [0.5, 0.6) is 0 Å². The molecule has 1 amide bonds. The van der Waals surface area contributed by atoms with Crippen molar-refractivity contribution in [1.29, 1.82) is 0 Å². The van der Waals surface area contributed by atoms with E-state index in [4.69, 9.17) is 18.9 Å². The van der Waals surface area contributed by atoms with E-state index in [1.54, 1.807) is 6.08 Å². The third-order valence-electron chi connectivity index (χ3n) is 17.8. The first-order valence-corrected chi connectivity index (χ1v) is 37.5. The molecule has 0 radical (unpaired) electrons. The van der Waals surface area contributed by atoms with Crippen LogP contribution in [-0.4, -0.2) is 140 Å². The molecule has 2 aliphatic heterocycles. The second kappa shape index (κ2) is 61.5. The van der Waals surface area contributed by atoms with Crippen LogP contribution in [0.25, 0.3) is 0 Å².